The third kappa shape index (κ3) is 2.76. The van der Waals surface area contributed by atoms with Gasteiger partial charge in [0.25, 0.3) is 0 Å². The molecule has 0 bridgehead atoms. The smallest absolute Gasteiger partial charge is 0.166 e. The summed E-state index contributed by atoms with van der Waals surface area (Å²) in [6.07, 6.45) is 2.01. The van der Waals surface area contributed by atoms with Crippen LogP contribution in [0.2, 0.25) is 5.02 Å². The minimum atomic E-state index is 0.703. The predicted octanol–water partition coefficient (Wildman–Crippen LogP) is 4.55. The molecule has 3 rings (SSSR count). The van der Waals surface area contributed by atoms with Crippen LogP contribution < -0.4 is 5.32 Å². The fourth-order valence-corrected chi connectivity index (χ4v) is 2.64. The third-order valence-corrected chi connectivity index (χ3v) is 4.04. The van der Waals surface area contributed by atoms with E-state index < -0.39 is 0 Å². The standard InChI is InChI=1S/C15H14ClN3S/c1-20-15-18-13-7-6-11(8-14(13)19-15)17-9-10-4-2-3-5-12(10)16/h2-8,17H,9H2,1H3,(H,18,19). The zero-order valence-electron chi connectivity index (χ0n) is 11.0. The number of benzene rings is 2. The van der Waals surface area contributed by atoms with Gasteiger partial charge >= 0.3 is 0 Å². The van der Waals surface area contributed by atoms with Crippen molar-refractivity contribution in [3.63, 3.8) is 0 Å². The lowest BCUT2D eigenvalue weighted by molar-refractivity contribution is 1.09. The lowest BCUT2D eigenvalue weighted by Gasteiger charge is -2.07. The van der Waals surface area contributed by atoms with E-state index in [2.05, 4.69) is 21.4 Å². The number of thioether (sulfide) groups is 1. The molecule has 5 heteroatoms. The normalized spacial score (nSPS) is 10.9. The molecule has 0 spiro atoms. The van der Waals surface area contributed by atoms with Crippen LogP contribution in [0.3, 0.4) is 0 Å². The Morgan fingerprint density at radius 2 is 2.10 bits per heavy atom. The fraction of sp³-hybridized carbons (Fsp3) is 0.133. The first-order valence-corrected chi connectivity index (χ1v) is 7.87. The van der Waals surface area contributed by atoms with Crippen LogP contribution in [-0.4, -0.2) is 16.2 Å². The number of hydrogen-bond acceptors (Lipinski definition) is 3. The summed E-state index contributed by atoms with van der Waals surface area (Å²) < 4.78 is 0. The minimum Gasteiger partial charge on any atom is -0.381 e. The summed E-state index contributed by atoms with van der Waals surface area (Å²) in [4.78, 5) is 7.74. The monoisotopic (exact) mass is 303 g/mol. The average molecular weight is 304 g/mol. The first kappa shape index (κ1) is 13.3. The Morgan fingerprint density at radius 1 is 1.25 bits per heavy atom. The van der Waals surface area contributed by atoms with Gasteiger partial charge in [0.15, 0.2) is 5.16 Å². The van der Waals surface area contributed by atoms with Gasteiger partial charge in [0.05, 0.1) is 11.0 Å². The van der Waals surface area contributed by atoms with E-state index in [9.17, 15) is 0 Å². The summed E-state index contributed by atoms with van der Waals surface area (Å²) in [6.45, 7) is 0.703. The molecule has 1 heterocycles. The van der Waals surface area contributed by atoms with E-state index in [1.165, 1.54) is 0 Å². The van der Waals surface area contributed by atoms with Crippen molar-refractivity contribution in [2.75, 3.05) is 11.6 Å². The summed E-state index contributed by atoms with van der Waals surface area (Å²) in [6, 6.07) is 14.0. The van der Waals surface area contributed by atoms with Crippen molar-refractivity contribution in [1.29, 1.82) is 0 Å². The zero-order chi connectivity index (χ0) is 13.9. The van der Waals surface area contributed by atoms with E-state index >= 15 is 0 Å². The first-order chi connectivity index (χ1) is 9.76. The maximum Gasteiger partial charge on any atom is 0.166 e. The number of aromatic amines is 1. The molecule has 0 aliphatic rings. The number of aromatic nitrogens is 2. The molecule has 0 saturated heterocycles. The highest BCUT2D eigenvalue weighted by Crippen LogP contribution is 2.22. The Morgan fingerprint density at radius 3 is 2.90 bits per heavy atom. The molecule has 0 radical (unpaired) electrons. The van der Waals surface area contributed by atoms with Gasteiger partial charge in [-0.25, -0.2) is 4.98 Å². The maximum absolute atomic E-state index is 6.15. The van der Waals surface area contributed by atoms with Crippen LogP contribution in [0.15, 0.2) is 47.6 Å². The highest BCUT2D eigenvalue weighted by atomic mass is 35.5. The summed E-state index contributed by atoms with van der Waals surface area (Å²) in [5.74, 6) is 0. The van der Waals surface area contributed by atoms with Gasteiger partial charge in [-0.05, 0) is 36.1 Å². The zero-order valence-corrected chi connectivity index (χ0v) is 12.6. The van der Waals surface area contributed by atoms with E-state index in [0.29, 0.717) is 6.54 Å². The van der Waals surface area contributed by atoms with Crippen LogP contribution in [0.4, 0.5) is 5.69 Å². The quantitative estimate of drug-likeness (QED) is 0.695. The number of anilines is 1. The summed E-state index contributed by atoms with van der Waals surface area (Å²) in [5.41, 5.74) is 4.16. The molecule has 102 valence electrons. The number of hydrogen-bond donors (Lipinski definition) is 2. The number of nitrogens with zero attached hydrogens (tertiary/aromatic N) is 1. The number of nitrogens with one attached hydrogen (secondary N) is 2. The van der Waals surface area contributed by atoms with Crippen molar-refractivity contribution < 1.29 is 0 Å². The topological polar surface area (TPSA) is 40.7 Å². The molecule has 0 aliphatic heterocycles. The van der Waals surface area contributed by atoms with Crippen LogP contribution in [0.1, 0.15) is 5.56 Å². The second-order valence-corrected chi connectivity index (χ2v) is 5.63. The van der Waals surface area contributed by atoms with Gasteiger partial charge in [0, 0.05) is 17.3 Å². The number of fused-ring (bicyclic) bond motifs is 1. The van der Waals surface area contributed by atoms with Crippen molar-refractivity contribution in [2.45, 2.75) is 11.7 Å². The Labute approximate surface area is 126 Å². The van der Waals surface area contributed by atoms with Crippen LogP contribution in [-0.2, 0) is 6.54 Å². The van der Waals surface area contributed by atoms with Crippen LogP contribution in [0.25, 0.3) is 11.0 Å². The molecule has 1 aromatic heterocycles. The first-order valence-electron chi connectivity index (χ1n) is 6.27. The van der Waals surface area contributed by atoms with Crippen molar-refractivity contribution in [2.24, 2.45) is 0 Å². The van der Waals surface area contributed by atoms with E-state index in [0.717, 1.165) is 32.5 Å². The van der Waals surface area contributed by atoms with Crippen molar-refractivity contribution in [3.8, 4) is 0 Å². The van der Waals surface area contributed by atoms with Gasteiger partial charge < -0.3 is 10.3 Å². The number of imidazole rings is 1. The molecule has 0 amide bonds. The van der Waals surface area contributed by atoms with Crippen molar-refractivity contribution >= 4 is 40.1 Å². The number of H-pyrrole nitrogens is 1. The molecule has 0 saturated carbocycles. The van der Waals surface area contributed by atoms with E-state index in [1.54, 1.807) is 11.8 Å². The Kier molecular flexibility index (Phi) is 3.85. The molecule has 0 unspecified atom stereocenters. The predicted molar refractivity (Wildman–Crippen MR) is 86.7 cm³/mol. The Hall–Kier alpha value is -1.65. The second-order valence-electron chi connectivity index (χ2n) is 4.42. The molecule has 20 heavy (non-hydrogen) atoms. The van der Waals surface area contributed by atoms with Crippen molar-refractivity contribution in [3.05, 3.63) is 53.1 Å². The minimum absolute atomic E-state index is 0.703. The summed E-state index contributed by atoms with van der Waals surface area (Å²) >= 11 is 7.76. The Balaban J connectivity index is 1.79. The molecule has 0 fully saturated rings. The van der Waals surface area contributed by atoms with Gasteiger partial charge in [0.1, 0.15) is 0 Å². The fourth-order valence-electron chi connectivity index (χ4n) is 2.03. The third-order valence-electron chi connectivity index (χ3n) is 3.09. The lowest BCUT2D eigenvalue weighted by atomic mass is 10.2. The van der Waals surface area contributed by atoms with E-state index in [-0.39, 0.29) is 0 Å². The lowest BCUT2D eigenvalue weighted by Crippen LogP contribution is -1.99. The van der Waals surface area contributed by atoms with Gasteiger partial charge in [-0.15, -0.1) is 0 Å². The molecule has 0 aliphatic carbocycles. The molecular weight excluding hydrogens is 290 g/mol. The van der Waals surface area contributed by atoms with E-state index in [4.69, 9.17) is 11.6 Å². The maximum atomic E-state index is 6.15. The van der Waals surface area contributed by atoms with Crippen LogP contribution >= 0.6 is 23.4 Å². The molecular formula is C15H14ClN3S. The van der Waals surface area contributed by atoms with Crippen LogP contribution in [0, 0.1) is 0 Å². The second kappa shape index (κ2) is 5.77. The average Bonchev–Trinajstić information content (AvgIpc) is 2.88. The molecule has 2 aromatic carbocycles. The number of halogens is 1. The SMILES string of the molecule is CSc1nc2ccc(NCc3ccccc3Cl)cc2[nH]1. The van der Waals surface area contributed by atoms with Crippen LogP contribution in [0.5, 0.6) is 0 Å². The van der Waals surface area contributed by atoms with Crippen molar-refractivity contribution in [1.82, 2.24) is 9.97 Å². The van der Waals surface area contributed by atoms with E-state index in [1.807, 2.05) is 42.7 Å². The van der Waals surface area contributed by atoms with Gasteiger partial charge in [-0.3, -0.25) is 0 Å². The highest BCUT2D eigenvalue weighted by Gasteiger charge is 2.03. The molecule has 3 nitrogen and oxygen atoms in total. The van der Waals surface area contributed by atoms with Gasteiger partial charge in [-0.2, -0.15) is 0 Å². The number of rotatable bonds is 4. The Bertz CT molecular complexity index is 739. The van der Waals surface area contributed by atoms with Gasteiger partial charge in [-0.1, -0.05) is 41.6 Å². The summed E-state index contributed by atoms with van der Waals surface area (Å²) in [7, 11) is 0. The molecule has 2 N–H and O–H groups in total. The largest absolute Gasteiger partial charge is 0.381 e. The summed E-state index contributed by atoms with van der Waals surface area (Å²) in [5, 5.41) is 5.10. The molecule has 3 aromatic rings. The highest BCUT2D eigenvalue weighted by molar-refractivity contribution is 7.98. The molecule has 0 atom stereocenters. The van der Waals surface area contributed by atoms with Gasteiger partial charge in [0.2, 0.25) is 0 Å².